The van der Waals surface area contributed by atoms with Crippen molar-refractivity contribution in [3.8, 4) is 45.6 Å². The molecule has 226 valence electrons. The number of nitrogens with zero attached hydrogens (tertiary/aromatic N) is 1. The molecule has 7 aromatic rings. The van der Waals surface area contributed by atoms with Gasteiger partial charge >= 0.3 is 0 Å². The van der Waals surface area contributed by atoms with Crippen molar-refractivity contribution in [2.24, 2.45) is 0 Å². The lowest BCUT2D eigenvalue weighted by molar-refractivity contribution is 0.361. The Hall–Kier alpha value is -6.00. The Morgan fingerprint density at radius 3 is 1.89 bits per heavy atom. The van der Waals surface area contributed by atoms with Crippen molar-refractivity contribution in [1.82, 2.24) is 0 Å². The van der Waals surface area contributed by atoms with Crippen LogP contribution in [-0.4, -0.2) is 0 Å². The SMILES string of the molecule is CC1(C)c2ccccc2Oc2c(N(c3ccc(-c4cccc5c4Oc4ccccc4O5)cc3)c3cccc4ccccc34)cccc21. The van der Waals surface area contributed by atoms with Crippen molar-refractivity contribution in [2.45, 2.75) is 19.3 Å². The number of anilines is 3. The minimum absolute atomic E-state index is 0.235. The Morgan fingerprint density at radius 2 is 1.04 bits per heavy atom. The van der Waals surface area contributed by atoms with E-state index in [2.05, 4.69) is 128 Å². The van der Waals surface area contributed by atoms with Gasteiger partial charge in [-0.05, 0) is 59.5 Å². The number of fused-ring (bicyclic) bond motifs is 5. The van der Waals surface area contributed by atoms with Crippen LogP contribution in [0, 0.1) is 0 Å². The fourth-order valence-corrected chi connectivity index (χ4v) is 7.00. The summed E-state index contributed by atoms with van der Waals surface area (Å²) in [6.45, 7) is 4.55. The molecule has 4 heteroatoms. The number of hydrogen-bond acceptors (Lipinski definition) is 4. The van der Waals surface area contributed by atoms with E-state index in [1.807, 2.05) is 42.5 Å². The molecule has 0 N–H and O–H groups in total. The van der Waals surface area contributed by atoms with Crippen LogP contribution < -0.4 is 19.1 Å². The lowest BCUT2D eigenvalue weighted by atomic mass is 9.75. The van der Waals surface area contributed by atoms with E-state index in [0.717, 1.165) is 62.1 Å². The van der Waals surface area contributed by atoms with E-state index in [0.29, 0.717) is 11.5 Å². The monoisotopic (exact) mass is 609 g/mol. The molecule has 0 bridgehead atoms. The molecule has 47 heavy (non-hydrogen) atoms. The summed E-state index contributed by atoms with van der Waals surface area (Å²) in [5, 5.41) is 2.34. The molecule has 4 nitrogen and oxygen atoms in total. The molecule has 0 fully saturated rings. The highest BCUT2D eigenvalue weighted by molar-refractivity contribution is 6.00. The van der Waals surface area contributed by atoms with Crippen molar-refractivity contribution in [1.29, 1.82) is 0 Å². The van der Waals surface area contributed by atoms with Crippen LogP contribution in [0.4, 0.5) is 17.1 Å². The zero-order chi connectivity index (χ0) is 31.5. The molecular formula is C43H31NO3. The Morgan fingerprint density at radius 1 is 0.447 bits per heavy atom. The van der Waals surface area contributed by atoms with Crippen LogP contribution in [0.25, 0.3) is 21.9 Å². The third-order valence-electron chi connectivity index (χ3n) is 9.38. The molecule has 2 aliphatic heterocycles. The fraction of sp³-hybridized carbons (Fsp3) is 0.0698. The third kappa shape index (κ3) is 4.37. The number of para-hydroxylation sites is 5. The zero-order valence-corrected chi connectivity index (χ0v) is 26.1. The van der Waals surface area contributed by atoms with Crippen LogP contribution in [-0.2, 0) is 5.41 Å². The van der Waals surface area contributed by atoms with Gasteiger partial charge in [-0.2, -0.15) is 0 Å². The van der Waals surface area contributed by atoms with Gasteiger partial charge in [0, 0.05) is 33.2 Å². The van der Waals surface area contributed by atoms with Gasteiger partial charge in [0.25, 0.3) is 0 Å². The smallest absolute Gasteiger partial charge is 0.177 e. The van der Waals surface area contributed by atoms with Crippen LogP contribution in [0.1, 0.15) is 25.0 Å². The molecule has 0 radical (unpaired) electrons. The third-order valence-corrected chi connectivity index (χ3v) is 9.38. The minimum Gasteiger partial charge on any atom is -0.455 e. The van der Waals surface area contributed by atoms with E-state index in [4.69, 9.17) is 14.2 Å². The predicted molar refractivity (Wildman–Crippen MR) is 189 cm³/mol. The molecule has 2 heterocycles. The molecular weight excluding hydrogens is 578 g/mol. The molecule has 9 rings (SSSR count). The molecule has 0 aliphatic carbocycles. The maximum absolute atomic E-state index is 6.79. The molecule has 2 aliphatic rings. The van der Waals surface area contributed by atoms with E-state index in [1.54, 1.807) is 0 Å². The van der Waals surface area contributed by atoms with E-state index < -0.39 is 0 Å². The first-order chi connectivity index (χ1) is 23.1. The van der Waals surface area contributed by atoms with E-state index in [1.165, 1.54) is 10.9 Å². The van der Waals surface area contributed by atoms with Gasteiger partial charge in [0.15, 0.2) is 28.7 Å². The van der Waals surface area contributed by atoms with Crippen LogP contribution in [0.5, 0.6) is 34.5 Å². The minimum atomic E-state index is -0.235. The van der Waals surface area contributed by atoms with Crippen molar-refractivity contribution in [3.05, 3.63) is 163 Å². The lowest BCUT2D eigenvalue weighted by Crippen LogP contribution is -2.25. The van der Waals surface area contributed by atoms with Crippen molar-refractivity contribution in [2.75, 3.05) is 4.90 Å². The molecule has 0 saturated heterocycles. The van der Waals surface area contributed by atoms with Crippen LogP contribution in [0.2, 0.25) is 0 Å². The summed E-state index contributed by atoms with van der Waals surface area (Å²) < 4.78 is 19.4. The second kappa shape index (κ2) is 10.5. The quantitative estimate of drug-likeness (QED) is 0.199. The summed E-state index contributed by atoms with van der Waals surface area (Å²) in [5.74, 6) is 4.62. The fourth-order valence-electron chi connectivity index (χ4n) is 7.00. The van der Waals surface area contributed by atoms with Gasteiger partial charge in [0.1, 0.15) is 5.75 Å². The van der Waals surface area contributed by atoms with Gasteiger partial charge in [0.2, 0.25) is 0 Å². The molecule has 7 aromatic carbocycles. The Kier molecular flexibility index (Phi) is 6.12. The van der Waals surface area contributed by atoms with Gasteiger partial charge < -0.3 is 19.1 Å². The van der Waals surface area contributed by atoms with E-state index >= 15 is 0 Å². The maximum atomic E-state index is 6.79. The molecule has 0 aromatic heterocycles. The van der Waals surface area contributed by atoms with Crippen LogP contribution in [0.15, 0.2) is 152 Å². The molecule has 0 spiro atoms. The van der Waals surface area contributed by atoms with Gasteiger partial charge in [-0.15, -0.1) is 0 Å². The first-order valence-electron chi connectivity index (χ1n) is 15.9. The average Bonchev–Trinajstić information content (AvgIpc) is 3.11. The zero-order valence-electron chi connectivity index (χ0n) is 26.1. The highest BCUT2D eigenvalue weighted by atomic mass is 16.6. The molecule has 0 amide bonds. The van der Waals surface area contributed by atoms with E-state index in [9.17, 15) is 0 Å². The topological polar surface area (TPSA) is 30.9 Å². The van der Waals surface area contributed by atoms with Gasteiger partial charge in [-0.3, -0.25) is 0 Å². The van der Waals surface area contributed by atoms with Gasteiger partial charge in [0.05, 0.1) is 11.4 Å². The summed E-state index contributed by atoms with van der Waals surface area (Å²) in [4.78, 5) is 2.32. The van der Waals surface area contributed by atoms with Crippen molar-refractivity contribution >= 4 is 27.8 Å². The molecule has 0 saturated carbocycles. The summed E-state index contributed by atoms with van der Waals surface area (Å²) in [6, 6.07) is 52.3. The first kappa shape index (κ1) is 27.3. The van der Waals surface area contributed by atoms with Crippen molar-refractivity contribution in [3.63, 3.8) is 0 Å². The highest BCUT2D eigenvalue weighted by Crippen LogP contribution is 2.54. The highest BCUT2D eigenvalue weighted by Gasteiger charge is 2.36. The predicted octanol–water partition coefficient (Wildman–Crippen LogP) is 12.3. The lowest BCUT2D eigenvalue weighted by Gasteiger charge is -2.37. The normalized spacial score (nSPS) is 13.6. The van der Waals surface area contributed by atoms with E-state index in [-0.39, 0.29) is 5.41 Å². The second-order valence-electron chi connectivity index (χ2n) is 12.5. The van der Waals surface area contributed by atoms with Crippen LogP contribution in [0.3, 0.4) is 0 Å². The van der Waals surface area contributed by atoms with Crippen molar-refractivity contribution < 1.29 is 14.2 Å². The van der Waals surface area contributed by atoms with Crippen LogP contribution >= 0.6 is 0 Å². The summed E-state index contributed by atoms with van der Waals surface area (Å²) in [5.41, 5.74) is 7.20. The Balaban J connectivity index is 1.20. The summed E-state index contributed by atoms with van der Waals surface area (Å²) in [6.07, 6.45) is 0. The Labute approximate surface area is 274 Å². The summed E-state index contributed by atoms with van der Waals surface area (Å²) >= 11 is 0. The molecule has 0 unspecified atom stereocenters. The average molecular weight is 610 g/mol. The van der Waals surface area contributed by atoms with Gasteiger partial charge in [-0.1, -0.05) is 117 Å². The largest absolute Gasteiger partial charge is 0.455 e. The number of hydrogen-bond donors (Lipinski definition) is 0. The number of rotatable bonds is 4. The number of ether oxygens (including phenoxy) is 3. The maximum Gasteiger partial charge on any atom is 0.177 e. The van der Waals surface area contributed by atoms with Gasteiger partial charge in [-0.25, -0.2) is 0 Å². The number of benzene rings is 7. The Bertz CT molecular complexity index is 2320. The first-order valence-corrected chi connectivity index (χ1v) is 15.9. The second-order valence-corrected chi connectivity index (χ2v) is 12.5. The summed E-state index contributed by atoms with van der Waals surface area (Å²) in [7, 11) is 0. The molecule has 0 atom stereocenters. The standard InChI is InChI=1S/C43H31NO3/c1-43(2)33-16-5-6-20-37(33)46-42-34(43)17-11-19-36(42)44(35-18-9-13-28-12-3-4-14-31(28)35)30-26-24-29(25-27-30)32-15-10-23-40-41(32)47-39-22-8-7-21-38(39)45-40/h3-27H,1-2H3.